The summed E-state index contributed by atoms with van der Waals surface area (Å²) in [7, 11) is 1.61. The third kappa shape index (κ3) is 7.05. The van der Waals surface area contributed by atoms with Gasteiger partial charge < -0.3 is 19.3 Å². The van der Waals surface area contributed by atoms with Gasteiger partial charge in [-0.2, -0.15) is 0 Å². The number of carbonyl (C=O) groups excluding carboxylic acids is 1. The molecule has 0 amide bonds. The summed E-state index contributed by atoms with van der Waals surface area (Å²) < 4.78 is 7.26. The number of aliphatic hydroxyl groups is 1. The summed E-state index contributed by atoms with van der Waals surface area (Å²) in [6, 6.07) is 15.2. The lowest BCUT2D eigenvalue weighted by Gasteiger charge is -2.28. The predicted molar refractivity (Wildman–Crippen MR) is 140 cm³/mol. The number of hydrogen-bond donors (Lipinski definition) is 1. The van der Waals surface area contributed by atoms with E-state index in [9.17, 15) is 9.90 Å². The molecule has 1 aromatic heterocycles. The maximum atomic E-state index is 12.7. The summed E-state index contributed by atoms with van der Waals surface area (Å²) in [5.41, 5.74) is 2.63. The van der Waals surface area contributed by atoms with E-state index >= 15 is 0 Å². The van der Waals surface area contributed by atoms with Gasteiger partial charge in [-0.3, -0.25) is 4.79 Å². The first-order valence-electron chi connectivity index (χ1n) is 12.1. The number of hydrogen-bond acceptors (Lipinski definition) is 4. The van der Waals surface area contributed by atoms with Gasteiger partial charge in [0, 0.05) is 54.4 Å². The predicted octanol–water partition coefficient (Wildman–Crippen LogP) is 5.52. The Hall–Kier alpha value is -2.89. The minimum atomic E-state index is -0.480. The lowest BCUT2D eigenvalue weighted by Crippen LogP contribution is -2.39. The van der Waals surface area contributed by atoms with E-state index in [0.29, 0.717) is 30.5 Å². The quantitative estimate of drug-likeness (QED) is 0.284. The second-order valence-corrected chi connectivity index (χ2v) is 9.84. The molecule has 3 rings (SSSR count). The number of para-hydroxylation sites is 1. The Morgan fingerprint density at radius 3 is 2.26 bits per heavy atom. The van der Waals surface area contributed by atoms with E-state index in [0.717, 1.165) is 35.3 Å². The van der Waals surface area contributed by atoms with Crippen molar-refractivity contribution in [3.63, 3.8) is 0 Å². The van der Waals surface area contributed by atoms with Crippen LogP contribution in [0, 0.1) is 11.8 Å². The molecule has 0 aliphatic heterocycles. The van der Waals surface area contributed by atoms with Crippen molar-refractivity contribution >= 4 is 22.8 Å². The molecule has 0 fully saturated rings. The molecule has 0 saturated heterocycles. The zero-order valence-electron chi connectivity index (χ0n) is 21.1. The largest absolute Gasteiger partial charge is 0.497 e. The number of benzene rings is 2. The molecule has 5 nitrogen and oxygen atoms in total. The SMILES string of the molecule is COc1ccc(C(=O)/C=C/c2cn(C[C@H](O)CN(CC(C)C)CC(C)C)c3ccccc23)cc1. The number of aliphatic hydroxyl groups excluding tert-OH is 1. The molecule has 3 aromatic rings. The van der Waals surface area contributed by atoms with Crippen LogP contribution in [0.1, 0.15) is 43.6 Å². The van der Waals surface area contributed by atoms with E-state index < -0.39 is 6.10 Å². The molecule has 2 aromatic carbocycles. The van der Waals surface area contributed by atoms with E-state index in [4.69, 9.17) is 4.74 Å². The van der Waals surface area contributed by atoms with Crippen LogP contribution in [0.3, 0.4) is 0 Å². The lowest BCUT2D eigenvalue weighted by atomic mass is 10.1. The van der Waals surface area contributed by atoms with Crippen molar-refractivity contribution in [2.24, 2.45) is 11.8 Å². The molecule has 1 N–H and O–H groups in total. The smallest absolute Gasteiger partial charge is 0.185 e. The Balaban J connectivity index is 1.77. The van der Waals surface area contributed by atoms with Gasteiger partial charge in [0.1, 0.15) is 5.75 Å². The highest BCUT2D eigenvalue weighted by atomic mass is 16.5. The monoisotopic (exact) mass is 462 g/mol. The summed E-state index contributed by atoms with van der Waals surface area (Å²) >= 11 is 0. The molecule has 0 bridgehead atoms. The summed E-state index contributed by atoms with van der Waals surface area (Å²) in [4.78, 5) is 15.0. The minimum absolute atomic E-state index is 0.0578. The van der Waals surface area contributed by atoms with Crippen LogP contribution in [0.25, 0.3) is 17.0 Å². The lowest BCUT2D eigenvalue weighted by molar-refractivity contribution is 0.0869. The number of ketones is 1. The van der Waals surface area contributed by atoms with Crippen molar-refractivity contribution in [3.05, 3.63) is 71.9 Å². The number of ether oxygens (including phenoxy) is 1. The van der Waals surface area contributed by atoms with E-state index in [1.54, 1.807) is 37.5 Å². The van der Waals surface area contributed by atoms with Gasteiger partial charge in [0.15, 0.2) is 5.78 Å². The molecule has 0 radical (unpaired) electrons. The Morgan fingerprint density at radius 2 is 1.65 bits per heavy atom. The number of fused-ring (bicyclic) bond motifs is 1. The highest BCUT2D eigenvalue weighted by molar-refractivity contribution is 6.07. The Labute approximate surface area is 203 Å². The molecule has 0 unspecified atom stereocenters. The van der Waals surface area contributed by atoms with Gasteiger partial charge in [0.25, 0.3) is 0 Å². The second-order valence-electron chi connectivity index (χ2n) is 9.84. The summed E-state index contributed by atoms with van der Waals surface area (Å²) in [6.07, 6.45) is 5.02. The number of methoxy groups -OCH3 is 1. The van der Waals surface area contributed by atoms with E-state index in [1.807, 2.05) is 24.4 Å². The van der Waals surface area contributed by atoms with Crippen molar-refractivity contribution in [2.45, 2.75) is 40.3 Å². The van der Waals surface area contributed by atoms with Crippen LogP contribution >= 0.6 is 0 Å². The summed E-state index contributed by atoms with van der Waals surface area (Å²) in [5, 5.41) is 12.0. The summed E-state index contributed by atoms with van der Waals surface area (Å²) in [5.74, 6) is 1.77. The van der Waals surface area contributed by atoms with Gasteiger partial charge >= 0.3 is 0 Å². The molecule has 1 heterocycles. The van der Waals surface area contributed by atoms with Crippen molar-refractivity contribution < 1.29 is 14.6 Å². The third-order valence-corrected chi connectivity index (χ3v) is 5.73. The van der Waals surface area contributed by atoms with E-state index in [2.05, 4.69) is 49.3 Å². The van der Waals surface area contributed by atoms with Crippen molar-refractivity contribution in [2.75, 3.05) is 26.7 Å². The van der Waals surface area contributed by atoms with Crippen molar-refractivity contribution in [1.82, 2.24) is 9.47 Å². The molecule has 0 saturated carbocycles. The number of carbonyl (C=O) groups is 1. The molecule has 1 atom stereocenters. The fraction of sp³-hybridized carbons (Fsp3) is 0.414. The maximum absolute atomic E-state index is 12.7. The fourth-order valence-electron chi connectivity index (χ4n) is 4.42. The number of rotatable bonds is 12. The highest BCUT2D eigenvalue weighted by Gasteiger charge is 2.16. The second kappa shape index (κ2) is 12.0. The van der Waals surface area contributed by atoms with Crippen LogP contribution in [0.5, 0.6) is 5.75 Å². The Kier molecular flexibility index (Phi) is 9.08. The standard InChI is InChI=1S/C29H38N2O3/c1-21(2)16-30(17-22(3)4)19-25(32)20-31-18-24(27-8-6-7-9-28(27)31)12-15-29(33)23-10-13-26(34-5)14-11-23/h6-15,18,21-22,25,32H,16-17,19-20H2,1-5H3/b15-12+/t25-/m1/s1. The first-order chi connectivity index (χ1) is 16.3. The van der Waals surface area contributed by atoms with Crippen LogP contribution in [0.2, 0.25) is 0 Å². The van der Waals surface area contributed by atoms with Gasteiger partial charge in [0.2, 0.25) is 0 Å². The highest BCUT2D eigenvalue weighted by Crippen LogP contribution is 2.23. The Bertz CT molecular complexity index is 1090. The Morgan fingerprint density at radius 1 is 1.00 bits per heavy atom. The average Bonchev–Trinajstić information content (AvgIpc) is 3.14. The van der Waals surface area contributed by atoms with Crippen LogP contribution in [-0.2, 0) is 6.54 Å². The van der Waals surface area contributed by atoms with E-state index in [1.165, 1.54) is 0 Å². The molecule has 182 valence electrons. The molecule has 0 spiro atoms. The number of allylic oxidation sites excluding steroid dienone is 1. The van der Waals surface area contributed by atoms with Crippen LogP contribution in [0.15, 0.2) is 60.8 Å². The van der Waals surface area contributed by atoms with Gasteiger partial charge in [-0.25, -0.2) is 0 Å². The maximum Gasteiger partial charge on any atom is 0.185 e. The fourth-order valence-corrected chi connectivity index (χ4v) is 4.42. The normalized spacial score (nSPS) is 13.0. The minimum Gasteiger partial charge on any atom is -0.497 e. The van der Waals surface area contributed by atoms with Crippen LogP contribution < -0.4 is 4.74 Å². The van der Waals surface area contributed by atoms with Crippen LogP contribution in [0.4, 0.5) is 0 Å². The van der Waals surface area contributed by atoms with Gasteiger partial charge in [0.05, 0.1) is 13.2 Å². The summed E-state index contributed by atoms with van der Waals surface area (Å²) in [6.45, 7) is 12.0. The zero-order chi connectivity index (χ0) is 24.7. The molecular formula is C29H38N2O3. The number of nitrogens with zero attached hydrogens (tertiary/aromatic N) is 2. The van der Waals surface area contributed by atoms with Crippen LogP contribution in [-0.4, -0.2) is 53.2 Å². The molecule has 34 heavy (non-hydrogen) atoms. The zero-order valence-corrected chi connectivity index (χ0v) is 21.1. The molecular weight excluding hydrogens is 424 g/mol. The van der Waals surface area contributed by atoms with Gasteiger partial charge in [-0.1, -0.05) is 45.9 Å². The van der Waals surface area contributed by atoms with Gasteiger partial charge in [-0.15, -0.1) is 0 Å². The molecule has 0 aliphatic carbocycles. The van der Waals surface area contributed by atoms with Gasteiger partial charge in [-0.05, 0) is 54.3 Å². The third-order valence-electron chi connectivity index (χ3n) is 5.73. The van der Waals surface area contributed by atoms with E-state index in [-0.39, 0.29) is 5.78 Å². The first-order valence-corrected chi connectivity index (χ1v) is 12.1. The molecule has 0 aliphatic rings. The van der Waals surface area contributed by atoms with Crippen molar-refractivity contribution in [1.29, 1.82) is 0 Å². The first kappa shape index (κ1) is 25.7. The topological polar surface area (TPSA) is 54.7 Å². The number of aromatic nitrogens is 1. The van der Waals surface area contributed by atoms with Crippen molar-refractivity contribution in [3.8, 4) is 5.75 Å². The average molecular weight is 463 g/mol. The molecule has 5 heteroatoms.